The van der Waals surface area contributed by atoms with Gasteiger partial charge in [-0.2, -0.15) is 0 Å². The molecule has 2 aliphatic heterocycles. The van der Waals surface area contributed by atoms with E-state index < -0.39 is 17.5 Å². The van der Waals surface area contributed by atoms with Gasteiger partial charge >= 0.3 is 6.03 Å². The molecule has 3 aromatic rings. The standard InChI is InChI=1S/C27H25N3O4/c1-19-8-7-11-21(16-19)29(17-20-9-3-2-4-10-20)24(31)18-30-25(32)27(28-26(30)33)14-15-34-23-13-6-5-12-22(23)27/h2-13,16H,14-15,17-18H2,1H3,(H,28,33). The van der Waals surface area contributed by atoms with E-state index in [1.165, 1.54) is 0 Å². The molecule has 1 spiro atoms. The van der Waals surface area contributed by atoms with Crippen molar-refractivity contribution in [1.82, 2.24) is 10.2 Å². The van der Waals surface area contributed by atoms with E-state index in [0.717, 1.165) is 16.0 Å². The Hall–Kier alpha value is -4.13. The third-order valence-corrected chi connectivity index (χ3v) is 6.35. The number of nitrogens with one attached hydrogen (secondary N) is 1. The van der Waals surface area contributed by atoms with Crippen molar-refractivity contribution < 1.29 is 19.1 Å². The number of urea groups is 1. The number of ether oxygens (including phenoxy) is 1. The molecule has 3 aromatic carbocycles. The molecule has 0 aromatic heterocycles. The van der Waals surface area contributed by atoms with Crippen molar-refractivity contribution in [3.8, 4) is 5.75 Å². The van der Waals surface area contributed by atoms with Crippen LogP contribution in [0.25, 0.3) is 0 Å². The Bertz CT molecular complexity index is 1260. The minimum absolute atomic E-state index is 0.300. The molecule has 7 nitrogen and oxygen atoms in total. The fourth-order valence-electron chi connectivity index (χ4n) is 4.62. The summed E-state index contributed by atoms with van der Waals surface area (Å²) >= 11 is 0. The maximum absolute atomic E-state index is 13.6. The summed E-state index contributed by atoms with van der Waals surface area (Å²) in [5.41, 5.74) is 2.08. The Morgan fingerprint density at radius 3 is 2.59 bits per heavy atom. The summed E-state index contributed by atoms with van der Waals surface area (Å²) in [5.74, 6) is -0.193. The smallest absolute Gasteiger partial charge is 0.325 e. The van der Waals surface area contributed by atoms with Crippen molar-refractivity contribution in [2.24, 2.45) is 0 Å². The quantitative estimate of drug-likeness (QED) is 0.595. The molecule has 7 heteroatoms. The lowest BCUT2D eigenvalue weighted by Gasteiger charge is -2.33. The lowest BCUT2D eigenvalue weighted by molar-refractivity contribution is -0.135. The normalized spacial score (nSPS) is 18.9. The van der Waals surface area contributed by atoms with Gasteiger partial charge in [0.1, 0.15) is 12.3 Å². The number of anilines is 1. The van der Waals surface area contributed by atoms with Gasteiger partial charge in [0.25, 0.3) is 5.91 Å². The molecule has 0 saturated carbocycles. The summed E-state index contributed by atoms with van der Waals surface area (Å²) in [6.45, 7) is 2.23. The highest BCUT2D eigenvalue weighted by molar-refractivity contribution is 6.11. The largest absolute Gasteiger partial charge is 0.493 e. The van der Waals surface area contributed by atoms with Gasteiger partial charge in [0.05, 0.1) is 13.2 Å². The first kappa shape index (κ1) is 21.7. The van der Waals surface area contributed by atoms with Gasteiger partial charge in [0.2, 0.25) is 5.91 Å². The molecule has 1 fully saturated rings. The number of carbonyl (C=O) groups is 3. The molecule has 4 amide bonds. The number of rotatable bonds is 5. The Labute approximate surface area is 197 Å². The number of para-hydroxylation sites is 1. The Morgan fingerprint density at radius 2 is 1.79 bits per heavy atom. The molecule has 34 heavy (non-hydrogen) atoms. The number of hydrogen-bond acceptors (Lipinski definition) is 4. The molecule has 0 bridgehead atoms. The molecule has 172 valence electrons. The number of fused-ring (bicyclic) bond motifs is 2. The van der Waals surface area contributed by atoms with Crippen molar-refractivity contribution in [3.63, 3.8) is 0 Å². The summed E-state index contributed by atoms with van der Waals surface area (Å²) in [4.78, 5) is 42.7. The maximum Gasteiger partial charge on any atom is 0.325 e. The van der Waals surface area contributed by atoms with Crippen LogP contribution in [0, 0.1) is 6.92 Å². The zero-order chi connectivity index (χ0) is 23.7. The van der Waals surface area contributed by atoms with Gasteiger partial charge in [-0.3, -0.25) is 14.5 Å². The zero-order valence-electron chi connectivity index (χ0n) is 18.9. The van der Waals surface area contributed by atoms with Crippen LogP contribution in [0.1, 0.15) is 23.1 Å². The highest BCUT2D eigenvalue weighted by Crippen LogP contribution is 2.41. The number of carbonyl (C=O) groups excluding carboxylic acids is 3. The van der Waals surface area contributed by atoms with Crippen LogP contribution in [-0.2, 0) is 21.7 Å². The van der Waals surface area contributed by atoms with Crippen LogP contribution in [0.4, 0.5) is 10.5 Å². The van der Waals surface area contributed by atoms with Gasteiger partial charge < -0.3 is 15.0 Å². The molecule has 1 saturated heterocycles. The van der Waals surface area contributed by atoms with Crippen molar-refractivity contribution in [2.45, 2.75) is 25.4 Å². The summed E-state index contributed by atoms with van der Waals surface area (Å²) in [6.07, 6.45) is 0.310. The Balaban J connectivity index is 1.44. The van der Waals surface area contributed by atoms with Crippen LogP contribution in [0.5, 0.6) is 5.75 Å². The van der Waals surface area contributed by atoms with Gasteiger partial charge in [0, 0.05) is 17.7 Å². The van der Waals surface area contributed by atoms with E-state index in [1.807, 2.05) is 73.7 Å². The number of aryl methyl sites for hydroxylation is 1. The molecule has 0 radical (unpaired) electrons. The lowest BCUT2D eigenvalue weighted by Crippen LogP contribution is -2.48. The van der Waals surface area contributed by atoms with Crippen molar-refractivity contribution in [3.05, 3.63) is 95.6 Å². The van der Waals surface area contributed by atoms with Gasteiger partial charge in [-0.1, -0.05) is 60.7 Å². The van der Waals surface area contributed by atoms with E-state index in [0.29, 0.717) is 36.6 Å². The van der Waals surface area contributed by atoms with Gasteiger partial charge in [-0.25, -0.2) is 4.79 Å². The van der Waals surface area contributed by atoms with Crippen LogP contribution >= 0.6 is 0 Å². The second-order valence-electron chi connectivity index (χ2n) is 8.63. The Kier molecular flexibility index (Phi) is 5.53. The van der Waals surface area contributed by atoms with Crippen LogP contribution in [0.15, 0.2) is 78.9 Å². The molecular formula is C27H25N3O4. The zero-order valence-corrected chi connectivity index (χ0v) is 18.9. The minimum Gasteiger partial charge on any atom is -0.493 e. The molecular weight excluding hydrogens is 430 g/mol. The second-order valence-corrected chi connectivity index (χ2v) is 8.63. The number of nitrogens with zero attached hydrogens (tertiary/aromatic N) is 2. The predicted molar refractivity (Wildman–Crippen MR) is 127 cm³/mol. The molecule has 1 unspecified atom stereocenters. The third-order valence-electron chi connectivity index (χ3n) is 6.35. The lowest BCUT2D eigenvalue weighted by atomic mass is 9.84. The predicted octanol–water partition coefficient (Wildman–Crippen LogP) is 3.76. The molecule has 5 rings (SSSR count). The fourth-order valence-corrected chi connectivity index (χ4v) is 4.62. The van der Waals surface area contributed by atoms with Gasteiger partial charge in [-0.15, -0.1) is 0 Å². The SMILES string of the molecule is Cc1cccc(N(Cc2ccccc2)C(=O)CN2C(=O)NC3(CCOc4ccccc43)C2=O)c1. The first-order chi connectivity index (χ1) is 16.5. The van der Waals surface area contributed by atoms with Crippen LogP contribution < -0.4 is 15.0 Å². The van der Waals surface area contributed by atoms with E-state index in [1.54, 1.807) is 17.0 Å². The van der Waals surface area contributed by atoms with Crippen LogP contribution in [-0.4, -0.2) is 35.9 Å². The average Bonchev–Trinajstić information content (AvgIpc) is 3.08. The van der Waals surface area contributed by atoms with Gasteiger partial charge in [-0.05, 0) is 36.2 Å². The summed E-state index contributed by atoms with van der Waals surface area (Å²) in [5, 5.41) is 2.85. The summed E-state index contributed by atoms with van der Waals surface area (Å²) in [7, 11) is 0. The number of imide groups is 1. The number of hydrogen-bond donors (Lipinski definition) is 1. The van der Waals surface area contributed by atoms with E-state index in [-0.39, 0.29) is 12.5 Å². The first-order valence-electron chi connectivity index (χ1n) is 11.3. The number of amides is 4. The van der Waals surface area contributed by atoms with Crippen molar-refractivity contribution >= 4 is 23.5 Å². The van der Waals surface area contributed by atoms with Crippen molar-refractivity contribution in [1.29, 1.82) is 0 Å². The number of benzene rings is 3. The maximum atomic E-state index is 13.6. The van der Waals surface area contributed by atoms with E-state index in [4.69, 9.17) is 4.74 Å². The summed E-state index contributed by atoms with van der Waals surface area (Å²) in [6, 6.07) is 23.9. The highest BCUT2D eigenvalue weighted by Gasteiger charge is 2.55. The molecule has 2 heterocycles. The van der Waals surface area contributed by atoms with Crippen LogP contribution in [0.3, 0.4) is 0 Å². The molecule has 0 aliphatic carbocycles. The monoisotopic (exact) mass is 455 g/mol. The fraction of sp³-hybridized carbons (Fsp3) is 0.222. The molecule has 1 atom stereocenters. The third kappa shape index (κ3) is 3.79. The second kappa shape index (κ2) is 8.67. The van der Waals surface area contributed by atoms with Crippen molar-refractivity contribution in [2.75, 3.05) is 18.1 Å². The molecule has 2 aliphatic rings. The van der Waals surface area contributed by atoms with E-state index in [9.17, 15) is 14.4 Å². The van der Waals surface area contributed by atoms with E-state index in [2.05, 4.69) is 5.32 Å². The molecule has 1 N–H and O–H groups in total. The highest BCUT2D eigenvalue weighted by atomic mass is 16.5. The average molecular weight is 456 g/mol. The minimum atomic E-state index is -1.21. The summed E-state index contributed by atoms with van der Waals surface area (Å²) < 4.78 is 5.69. The van der Waals surface area contributed by atoms with E-state index >= 15 is 0 Å². The first-order valence-corrected chi connectivity index (χ1v) is 11.3. The Morgan fingerprint density at radius 1 is 1.03 bits per heavy atom. The van der Waals surface area contributed by atoms with Crippen LogP contribution in [0.2, 0.25) is 0 Å². The topological polar surface area (TPSA) is 79.0 Å². The van der Waals surface area contributed by atoms with Gasteiger partial charge in [0.15, 0.2) is 5.54 Å².